The maximum absolute atomic E-state index is 11.1. The van der Waals surface area contributed by atoms with E-state index in [-0.39, 0.29) is 17.6 Å². The third-order valence-electron chi connectivity index (χ3n) is 1.72. The van der Waals surface area contributed by atoms with E-state index in [0.29, 0.717) is 5.56 Å². The van der Waals surface area contributed by atoms with E-state index in [1.165, 1.54) is 18.7 Å². The smallest absolute Gasteiger partial charge is 0.159 e. The number of nitrogens with zero attached hydrogens (tertiary/aromatic N) is 1. The topological polar surface area (TPSA) is 50.2 Å². The van der Waals surface area contributed by atoms with E-state index < -0.39 is 0 Å². The van der Waals surface area contributed by atoms with Crippen molar-refractivity contribution in [3.8, 4) is 0 Å². The minimum Gasteiger partial charge on any atom is -0.395 e. The highest BCUT2D eigenvalue weighted by molar-refractivity contribution is 7.99. The fraction of sp³-hybridized carbons (Fsp3) is 0.400. The average Bonchev–Trinajstić information content (AvgIpc) is 2.18. The molecule has 0 amide bonds. The van der Waals surface area contributed by atoms with Gasteiger partial charge in [-0.25, -0.2) is 4.98 Å². The molecule has 1 atom stereocenters. The summed E-state index contributed by atoms with van der Waals surface area (Å²) in [5.41, 5.74) is 0.660. The van der Waals surface area contributed by atoms with Crippen LogP contribution in [0.2, 0.25) is 0 Å². The first-order chi connectivity index (χ1) is 6.63. The van der Waals surface area contributed by atoms with Crippen LogP contribution in [0.5, 0.6) is 0 Å². The van der Waals surface area contributed by atoms with Gasteiger partial charge < -0.3 is 5.11 Å². The molecule has 0 fully saturated rings. The van der Waals surface area contributed by atoms with Gasteiger partial charge in [-0.3, -0.25) is 4.79 Å². The summed E-state index contributed by atoms with van der Waals surface area (Å²) < 4.78 is 0. The zero-order chi connectivity index (χ0) is 10.6. The van der Waals surface area contributed by atoms with Gasteiger partial charge in [0.05, 0.1) is 11.6 Å². The number of rotatable bonds is 4. The molecule has 76 valence electrons. The monoisotopic (exact) mass is 211 g/mol. The van der Waals surface area contributed by atoms with E-state index in [1.54, 1.807) is 18.3 Å². The Morgan fingerprint density at radius 1 is 1.71 bits per heavy atom. The number of carbonyl (C=O) groups excluding carboxylic acids is 1. The second-order valence-electron chi connectivity index (χ2n) is 3.05. The quantitative estimate of drug-likeness (QED) is 0.609. The van der Waals surface area contributed by atoms with E-state index in [1.807, 2.05) is 6.92 Å². The molecular formula is C10H13NO2S. The lowest BCUT2D eigenvalue weighted by Crippen LogP contribution is -2.02. The van der Waals surface area contributed by atoms with Gasteiger partial charge in [0.1, 0.15) is 0 Å². The van der Waals surface area contributed by atoms with Crippen molar-refractivity contribution >= 4 is 17.5 Å². The number of aliphatic hydroxyl groups excluding tert-OH is 1. The van der Waals surface area contributed by atoms with Crippen LogP contribution in [0.15, 0.2) is 23.4 Å². The van der Waals surface area contributed by atoms with Crippen molar-refractivity contribution in [2.75, 3.05) is 6.61 Å². The summed E-state index contributed by atoms with van der Waals surface area (Å²) in [6, 6.07) is 3.44. The maximum atomic E-state index is 11.1. The van der Waals surface area contributed by atoms with Gasteiger partial charge in [-0.2, -0.15) is 0 Å². The highest BCUT2D eigenvalue weighted by Gasteiger charge is 2.06. The third kappa shape index (κ3) is 3.12. The third-order valence-corrected chi connectivity index (χ3v) is 2.74. The molecule has 0 aliphatic rings. The largest absolute Gasteiger partial charge is 0.395 e. The SMILES string of the molecule is CC(=O)c1ccnc(SC(C)CO)c1. The Kier molecular flexibility index (Phi) is 4.10. The summed E-state index contributed by atoms with van der Waals surface area (Å²) >= 11 is 1.46. The van der Waals surface area contributed by atoms with Crippen LogP contribution in [0, 0.1) is 0 Å². The summed E-state index contributed by atoms with van der Waals surface area (Å²) in [7, 11) is 0. The Balaban J connectivity index is 2.78. The van der Waals surface area contributed by atoms with Crippen LogP contribution in [-0.4, -0.2) is 27.7 Å². The summed E-state index contributed by atoms with van der Waals surface area (Å²) in [5.74, 6) is 0.0332. The number of aliphatic hydroxyl groups is 1. The zero-order valence-electron chi connectivity index (χ0n) is 8.23. The molecule has 0 aromatic carbocycles. The Hall–Kier alpha value is -0.870. The van der Waals surface area contributed by atoms with Crippen LogP contribution in [-0.2, 0) is 0 Å². The fourth-order valence-electron chi connectivity index (χ4n) is 0.936. The van der Waals surface area contributed by atoms with Crippen molar-refractivity contribution in [3.05, 3.63) is 23.9 Å². The summed E-state index contributed by atoms with van der Waals surface area (Å²) in [6.45, 7) is 3.54. The second-order valence-corrected chi connectivity index (χ2v) is 4.51. The molecule has 0 bridgehead atoms. The molecular weight excluding hydrogens is 198 g/mol. The number of pyridine rings is 1. The number of Topliss-reactive ketones (excluding diaryl/α,β-unsaturated/α-hetero) is 1. The molecule has 4 heteroatoms. The van der Waals surface area contributed by atoms with Crippen molar-refractivity contribution < 1.29 is 9.90 Å². The molecule has 1 heterocycles. The van der Waals surface area contributed by atoms with Crippen molar-refractivity contribution in [2.24, 2.45) is 0 Å². The lowest BCUT2D eigenvalue weighted by molar-refractivity contribution is 0.101. The number of aromatic nitrogens is 1. The van der Waals surface area contributed by atoms with Crippen LogP contribution in [0.4, 0.5) is 0 Å². The molecule has 1 aromatic heterocycles. The normalized spacial score (nSPS) is 12.5. The average molecular weight is 211 g/mol. The fourth-order valence-corrected chi connectivity index (χ4v) is 1.74. The summed E-state index contributed by atoms with van der Waals surface area (Å²) in [4.78, 5) is 15.2. The lowest BCUT2D eigenvalue weighted by atomic mass is 10.2. The van der Waals surface area contributed by atoms with Crippen LogP contribution in [0.1, 0.15) is 24.2 Å². The highest BCUT2D eigenvalue weighted by Crippen LogP contribution is 2.21. The van der Waals surface area contributed by atoms with Crippen molar-refractivity contribution in [3.63, 3.8) is 0 Å². The lowest BCUT2D eigenvalue weighted by Gasteiger charge is -2.06. The minimum atomic E-state index is 0.0332. The van der Waals surface area contributed by atoms with Gasteiger partial charge in [0.2, 0.25) is 0 Å². The van der Waals surface area contributed by atoms with Gasteiger partial charge >= 0.3 is 0 Å². The van der Waals surface area contributed by atoms with Gasteiger partial charge in [-0.1, -0.05) is 6.92 Å². The van der Waals surface area contributed by atoms with Gasteiger partial charge in [-0.05, 0) is 19.1 Å². The first-order valence-corrected chi connectivity index (χ1v) is 5.26. The predicted molar refractivity (Wildman–Crippen MR) is 56.6 cm³/mol. The zero-order valence-corrected chi connectivity index (χ0v) is 9.04. The molecule has 0 radical (unpaired) electrons. The molecule has 14 heavy (non-hydrogen) atoms. The van der Waals surface area contributed by atoms with E-state index >= 15 is 0 Å². The first kappa shape index (κ1) is 11.2. The Labute approximate surface area is 87.6 Å². The number of thioether (sulfide) groups is 1. The van der Waals surface area contributed by atoms with Crippen LogP contribution in [0.25, 0.3) is 0 Å². The number of hydrogen-bond acceptors (Lipinski definition) is 4. The van der Waals surface area contributed by atoms with Gasteiger partial charge in [-0.15, -0.1) is 11.8 Å². The molecule has 1 unspecified atom stereocenters. The molecule has 0 aliphatic heterocycles. The molecule has 0 aliphatic carbocycles. The summed E-state index contributed by atoms with van der Waals surface area (Å²) in [6.07, 6.45) is 1.61. The molecule has 1 rings (SSSR count). The summed E-state index contributed by atoms with van der Waals surface area (Å²) in [5, 5.41) is 9.74. The van der Waals surface area contributed by atoms with E-state index in [4.69, 9.17) is 5.11 Å². The standard InChI is InChI=1S/C10H13NO2S/c1-7(6-12)14-10-5-9(8(2)13)3-4-11-10/h3-5,7,12H,6H2,1-2H3. The van der Waals surface area contributed by atoms with E-state index in [0.717, 1.165) is 5.03 Å². The van der Waals surface area contributed by atoms with Crippen LogP contribution >= 0.6 is 11.8 Å². The van der Waals surface area contributed by atoms with Crippen molar-refractivity contribution in [1.29, 1.82) is 0 Å². The molecule has 3 nitrogen and oxygen atoms in total. The molecule has 1 aromatic rings. The van der Waals surface area contributed by atoms with Gasteiger partial charge in [0.15, 0.2) is 5.78 Å². The highest BCUT2D eigenvalue weighted by atomic mass is 32.2. The van der Waals surface area contributed by atoms with Gasteiger partial charge in [0, 0.05) is 17.0 Å². The Bertz CT molecular complexity index is 328. The van der Waals surface area contributed by atoms with E-state index in [9.17, 15) is 4.79 Å². The molecule has 1 N–H and O–H groups in total. The number of ketones is 1. The second kappa shape index (κ2) is 5.12. The van der Waals surface area contributed by atoms with Gasteiger partial charge in [0.25, 0.3) is 0 Å². The van der Waals surface area contributed by atoms with Crippen LogP contribution < -0.4 is 0 Å². The minimum absolute atomic E-state index is 0.0332. The Morgan fingerprint density at radius 3 is 3.00 bits per heavy atom. The van der Waals surface area contributed by atoms with E-state index in [2.05, 4.69) is 4.98 Å². The predicted octanol–water partition coefficient (Wildman–Crippen LogP) is 1.76. The van der Waals surface area contributed by atoms with Crippen molar-refractivity contribution in [2.45, 2.75) is 24.1 Å². The van der Waals surface area contributed by atoms with Crippen LogP contribution in [0.3, 0.4) is 0 Å². The molecule has 0 saturated heterocycles. The maximum Gasteiger partial charge on any atom is 0.159 e. The number of carbonyl (C=O) groups is 1. The number of hydrogen-bond donors (Lipinski definition) is 1. The first-order valence-electron chi connectivity index (χ1n) is 4.38. The molecule has 0 spiro atoms. The van der Waals surface area contributed by atoms with Crippen molar-refractivity contribution in [1.82, 2.24) is 4.98 Å². The molecule has 0 saturated carbocycles. The Morgan fingerprint density at radius 2 is 2.43 bits per heavy atom.